The Hall–Kier alpha value is -2.95. The van der Waals surface area contributed by atoms with E-state index in [2.05, 4.69) is 29.3 Å². The van der Waals surface area contributed by atoms with Crippen molar-refractivity contribution in [2.24, 2.45) is 5.92 Å². The van der Waals surface area contributed by atoms with Crippen LogP contribution in [0, 0.1) is 12.8 Å². The first-order valence-electron chi connectivity index (χ1n) is 8.33. The van der Waals surface area contributed by atoms with Crippen LogP contribution in [0.2, 0.25) is 0 Å². The van der Waals surface area contributed by atoms with E-state index < -0.39 is 0 Å². The molecule has 1 heterocycles. The molecule has 0 radical (unpaired) electrons. The SMILES string of the molecule is Cc1ccc(-c2noc(-c3ccccc3C(=O)NCC(C)C)n2)cc1. The Labute approximate surface area is 147 Å². The highest BCUT2D eigenvalue weighted by atomic mass is 16.5. The maximum atomic E-state index is 12.5. The number of aromatic nitrogens is 2. The molecule has 0 atom stereocenters. The second-order valence-corrected chi connectivity index (χ2v) is 6.44. The molecule has 2 aromatic carbocycles. The molecule has 0 bridgehead atoms. The Morgan fingerprint density at radius 2 is 1.84 bits per heavy atom. The molecule has 0 spiro atoms. The van der Waals surface area contributed by atoms with Gasteiger partial charge in [0.05, 0.1) is 11.1 Å². The molecule has 1 aromatic heterocycles. The lowest BCUT2D eigenvalue weighted by atomic mass is 10.1. The topological polar surface area (TPSA) is 68.0 Å². The largest absolute Gasteiger partial charge is 0.352 e. The molecule has 3 aromatic rings. The van der Waals surface area contributed by atoms with Gasteiger partial charge in [0.15, 0.2) is 0 Å². The molecule has 0 saturated carbocycles. The van der Waals surface area contributed by atoms with Crippen molar-refractivity contribution in [2.75, 3.05) is 6.54 Å². The summed E-state index contributed by atoms with van der Waals surface area (Å²) >= 11 is 0. The van der Waals surface area contributed by atoms with Gasteiger partial charge < -0.3 is 9.84 Å². The third-order valence-corrected chi connectivity index (χ3v) is 3.81. The maximum Gasteiger partial charge on any atom is 0.259 e. The summed E-state index contributed by atoms with van der Waals surface area (Å²) in [6, 6.07) is 15.2. The maximum absolute atomic E-state index is 12.5. The van der Waals surface area contributed by atoms with Crippen LogP contribution in [0.25, 0.3) is 22.8 Å². The van der Waals surface area contributed by atoms with Crippen molar-refractivity contribution < 1.29 is 9.32 Å². The van der Waals surface area contributed by atoms with Crippen LogP contribution in [0.4, 0.5) is 0 Å². The number of nitrogens with zero attached hydrogens (tertiary/aromatic N) is 2. The standard InChI is InChI=1S/C20H21N3O2/c1-13(2)12-21-19(24)16-6-4-5-7-17(16)20-22-18(23-25-20)15-10-8-14(3)9-11-15/h4-11,13H,12H2,1-3H3,(H,21,24). The van der Waals surface area contributed by atoms with Crippen LogP contribution in [-0.4, -0.2) is 22.6 Å². The summed E-state index contributed by atoms with van der Waals surface area (Å²) in [5.74, 6) is 1.09. The van der Waals surface area contributed by atoms with E-state index in [4.69, 9.17) is 4.52 Å². The number of rotatable bonds is 5. The minimum absolute atomic E-state index is 0.139. The van der Waals surface area contributed by atoms with Gasteiger partial charge in [-0.15, -0.1) is 0 Å². The minimum Gasteiger partial charge on any atom is -0.352 e. The first-order chi connectivity index (χ1) is 12.0. The summed E-state index contributed by atoms with van der Waals surface area (Å²) in [5.41, 5.74) is 3.21. The Kier molecular flexibility index (Phi) is 4.93. The first kappa shape index (κ1) is 16.9. The smallest absolute Gasteiger partial charge is 0.259 e. The van der Waals surface area contributed by atoms with Crippen LogP contribution in [0.1, 0.15) is 29.8 Å². The molecule has 25 heavy (non-hydrogen) atoms. The van der Waals surface area contributed by atoms with Gasteiger partial charge in [-0.25, -0.2) is 0 Å². The minimum atomic E-state index is -0.139. The Balaban J connectivity index is 1.90. The summed E-state index contributed by atoms with van der Waals surface area (Å²) < 4.78 is 5.41. The van der Waals surface area contributed by atoms with Gasteiger partial charge in [0.25, 0.3) is 11.8 Å². The lowest BCUT2D eigenvalue weighted by Crippen LogP contribution is -2.27. The van der Waals surface area contributed by atoms with Gasteiger partial charge in [-0.1, -0.05) is 61.0 Å². The van der Waals surface area contributed by atoms with Crippen molar-refractivity contribution in [3.8, 4) is 22.8 Å². The molecule has 0 fully saturated rings. The second-order valence-electron chi connectivity index (χ2n) is 6.44. The monoisotopic (exact) mass is 335 g/mol. The van der Waals surface area contributed by atoms with Gasteiger partial charge in [-0.3, -0.25) is 4.79 Å². The zero-order chi connectivity index (χ0) is 17.8. The predicted octanol–water partition coefficient (Wildman–Crippen LogP) is 4.10. The molecule has 1 N–H and O–H groups in total. The van der Waals surface area contributed by atoms with E-state index in [-0.39, 0.29) is 5.91 Å². The summed E-state index contributed by atoms with van der Waals surface area (Å²) in [6.07, 6.45) is 0. The Morgan fingerprint density at radius 1 is 1.12 bits per heavy atom. The molecular weight excluding hydrogens is 314 g/mol. The van der Waals surface area contributed by atoms with Crippen molar-refractivity contribution in [1.29, 1.82) is 0 Å². The highest BCUT2D eigenvalue weighted by molar-refractivity contribution is 6.00. The molecule has 5 nitrogen and oxygen atoms in total. The highest BCUT2D eigenvalue weighted by Gasteiger charge is 2.18. The van der Waals surface area contributed by atoms with E-state index in [9.17, 15) is 4.79 Å². The second kappa shape index (κ2) is 7.30. The summed E-state index contributed by atoms with van der Waals surface area (Å²) in [4.78, 5) is 16.9. The van der Waals surface area contributed by atoms with E-state index >= 15 is 0 Å². The third kappa shape index (κ3) is 3.94. The zero-order valence-corrected chi connectivity index (χ0v) is 14.6. The van der Waals surface area contributed by atoms with Gasteiger partial charge in [0.2, 0.25) is 5.82 Å². The lowest BCUT2D eigenvalue weighted by Gasteiger charge is -2.09. The van der Waals surface area contributed by atoms with E-state index in [1.807, 2.05) is 49.4 Å². The Bertz CT molecular complexity index is 867. The van der Waals surface area contributed by atoms with Gasteiger partial charge in [0, 0.05) is 12.1 Å². The average molecular weight is 335 g/mol. The predicted molar refractivity (Wildman–Crippen MR) is 97.1 cm³/mol. The third-order valence-electron chi connectivity index (χ3n) is 3.81. The fourth-order valence-electron chi connectivity index (χ4n) is 2.41. The number of carbonyl (C=O) groups is 1. The molecule has 3 rings (SSSR count). The lowest BCUT2D eigenvalue weighted by molar-refractivity contribution is 0.0949. The molecule has 0 aliphatic heterocycles. The fraction of sp³-hybridized carbons (Fsp3) is 0.250. The van der Waals surface area contributed by atoms with Crippen molar-refractivity contribution in [3.05, 3.63) is 59.7 Å². The fourth-order valence-corrected chi connectivity index (χ4v) is 2.41. The van der Waals surface area contributed by atoms with Crippen molar-refractivity contribution in [3.63, 3.8) is 0 Å². The number of carbonyl (C=O) groups excluding carboxylic acids is 1. The number of nitrogens with one attached hydrogen (secondary N) is 1. The number of hydrogen-bond acceptors (Lipinski definition) is 4. The van der Waals surface area contributed by atoms with Crippen LogP contribution < -0.4 is 5.32 Å². The summed E-state index contributed by atoms with van der Waals surface area (Å²) in [6.45, 7) is 6.75. The summed E-state index contributed by atoms with van der Waals surface area (Å²) in [7, 11) is 0. The molecule has 0 aliphatic rings. The average Bonchev–Trinajstić information content (AvgIpc) is 3.10. The molecule has 1 amide bonds. The number of aryl methyl sites for hydroxylation is 1. The zero-order valence-electron chi connectivity index (χ0n) is 14.6. The van der Waals surface area contributed by atoms with Gasteiger partial charge in [-0.2, -0.15) is 4.98 Å². The van der Waals surface area contributed by atoms with Crippen LogP contribution in [-0.2, 0) is 0 Å². The number of amides is 1. The Morgan fingerprint density at radius 3 is 2.56 bits per heavy atom. The summed E-state index contributed by atoms with van der Waals surface area (Å²) in [5, 5.41) is 6.97. The van der Waals surface area contributed by atoms with Crippen LogP contribution in [0.15, 0.2) is 53.1 Å². The quantitative estimate of drug-likeness (QED) is 0.762. The van der Waals surface area contributed by atoms with Gasteiger partial charge in [-0.05, 0) is 25.0 Å². The molecule has 0 aliphatic carbocycles. The first-order valence-corrected chi connectivity index (χ1v) is 8.33. The number of benzene rings is 2. The van der Waals surface area contributed by atoms with Gasteiger partial charge >= 0.3 is 0 Å². The van der Waals surface area contributed by atoms with E-state index in [1.165, 1.54) is 5.56 Å². The highest BCUT2D eigenvalue weighted by Crippen LogP contribution is 2.25. The van der Waals surface area contributed by atoms with E-state index in [0.29, 0.717) is 35.3 Å². The normalized spacial score (nSPS) is 10.9. The van der Waals surface area contributed by atoms with Crippen LogP contribution in [0.3, 0.4) is 0 Å². The van der Waals surface area contributed by atoms with Crippen molar-refractivity contribution >= 4 is 5.91 Å². The van der Waals surface area contributed by atoms with E-state index in [1.54, 1.807) is 6.07 Å². The van der Waals surface area contributed by atoms with Gasteiger partial charge in [0.1, 0.15) is 0 Å². The van der Waals surface area contributed by atoms with Crippen LogP contribution in [0.5, 0.6) is 0 Å². The van der Waals surface area contributed by atoms with Crippen molar-refractivity contribution in [1.82, 2.24) is 15.5 Å². The van der Waals surface area contributed by atoms with Crippen molar-refractivity contribution in [2.45, 2.75) is 20.8 Å². The van der Waals surface area contributed by atoms with E-state index in [0.717, 1.165) is 5.56 Å². The molecule has 0 unspecified atom stereocenters. The molecule has 128 valence electrons. The molecule has 5 heteroatoms. The molecular formula is C20H21N3O2. The number of hydrogen-bond donors (Lipinski definition) is 1. The molecule has 0 saturated heterocycles. The van der Waals surface area contributed by atoms with Crippen LogP contribution >= 0.6 is 0 Å².